The zero-order valence-corrected chi connectivity index (χ0v) is 11.3. The maximum Gasteiger partial charge on any atom is 0.353 e. The third kappa shape index (κ3) is 2.66. The molecule has 0 aliphatic rings. The first-order valence-corrected chi connectivity index (χ1v) is 5.64. The second kappa shape index (κ2) is 4.75. The van der Waals surface area contributed by atoms with E-state index in [1.165, 1.54) is 6.33 Å². The van der Waals surface area contributed by atoms with E-state index in [1.54, 1.807) is 11.9 Å². The van der Waals surface area contributed by atoms with Crippen LogP contribution in [0.25, 0.3) is 0 Å². The molecule has 1 heterocycles. The van der Waals surface area contributed by atoms with E-state index in [0.717, 1.165) is 0 Å². The van der Waals surface area contributed by atoms with Crippen LogP contribution in [-0.2, 0) is 0 Å². The highest BCUT2D eigenvalue weighted by Gasteiger charge is 2.31. The lowest BCUT2D eigenvalue weighted by Gasteiger charge is -2.35. The minimum atomic E-state index is -0.545. The molecule has 7 nitrogen and oxygen atoms in total. The Morgan fingerprint density at radius 3 is 2.44 bits per heavy atom. The Hall–Kier alpha value is -1.92. The lowest BCUT2D eigenvalue weighted by molar-refractivity contribution is -0.383. The standard InChI is InChI=1S/C11H19N5O2/c1-7(11(2,3)4)15(5)10-8(16(17)18)9(12)13-6-14-10/h6-7H,1-5H3,(H2,12,13,14). The van der Waals surface area contributed by atoms with Crippen molar-refractivity contribution in [1.29, 1.82) is 0 Å². The van der Waals surface area contributed by atoms with E-state index >= 15 is 0 Å². The molecular weight excluding hydrogens is 234 g/mol. The number of nitro groups is 1. The van der Waals surface area contributed by atoms with Crippen LogP contribution in [0.4, 0.5) is 17.3 Å². The number of rotatable bonds is 3. The van der Waals surface area contributed by atoms with Gasteiger partial charge >= 0.3 is 5.69 Å². The minimum Gasteiger partial charge on any atom is -0.378 e. The third-order valence-corrected chi connectivity index (χ3v) is 3.18. The van der Waals surface area contributed by atoms with E-state index in [1.807, 2.05) is 6.92 Å². The number of anilines is 2. The number of nitrogen functional groups attached to an aromatic ring is 1. The van der Waals surface area contributed by atoms with Gasteiger partial charge in [0.25, 0.3) is 0 Å². The molecule has 0 saturated carbocycles. The Bertz CT molecular complexity index is 455. The highest BCUT2D eigenvalue weighted by molar-refractivity contribution is 5.68. The predicted octanol–water partition coefficient (Wildman–Crippen LogP) is 1.84. The molecule has 1 atom stereocenters. The fraction of sp³-hybridized carbons (Fsp3) is 0.636. The van der Waals surface area contributed by atoms with E-state index in [-0.39, 0.29) is 28.8 Å². The summed E-state index contributed by atoms with van der Waals surface area (Å²) in [4.78, 5) is 19.9. The van der Waals surface area contributed by atoms with E-state index in [4.69, 9.17) is 5.73 Å². The van der Waals surface area contributed by atoms with E-state index in [2.05, 4.69) is 30.7 Å². The Morgan fingerprint density at radius 2 is 2.00 bits per heavy atom. The molecule has 1 rings (SSSR count). The molecule has 1 unspecified atom stereocenters. The summed E-state index contributed by atoms with van der Waals surface area (Å²) in [6.45, 7) is 8.17. The van der Waals surface area contributed by atoms with Crippen molar-refractivity contribution in [3.63, 3.8) is 0 Å². The fourth-order valence-electron chi connectivity index (χ4n) is 1.58. The molecule has 0 aliphatic heterocycles. The Morgan fingerprint density at radius 1 is 1.44 bits per heavy atom. The van der Waals surface area contributed by atoms with Gasteiger partial charge < -0.3 is 10.6 Å². The van der Waals surface area contributed by atoms with Crippen molar-refractivity contribution in [2.24, 2.45) is 5.41 Å². The first kappa shape index (κ1) is 14.1. The van der Waals surface area contributed by atoms with Crippen LogP contribution < -0.4 is 10.6 Å². The van der Waals surface area contributed by atoms with Crippen molar-refractivity contribution >= 4 is 17.3 Å². The van der Waals surface area contributed by atoms with Crippen LogP contribution in [0, 0.1) is 15.5 Å². The largest absolute Gasteiger partial charge is 0.378 e. The average molecular weight is 253 g/mol. The molecule has 18 heavy (non-hydrogen) atoms. The van der Waals surface area contributed by atoms with Gasteiger partial charge in [-0.2, -0.15) is 0 Å². The summed E-state index contributed by atoms with van der Waals surface area (Å²) in [7, 11) is 1.77. The molecular formula is C11H19N5O2. The third-order valence-electron chi connectivity index (χ3n) is 3.18. The Kier molecular flexibility index (Phi) is 3.73. The summed E-state index contributed by atoms with van der Waals surface area (Å²) >= 11 is 0. The summed E-state index contributed by atoms with van der Waals surface area (Å²) < 4.78 is 0. The van der Waals surface area contributed by atoms with Gasteiger partial charge in [0.2, 0.25) is 11.6 Å². The molecule has 7 heteroatoms. The van der Waals surface area contributed by atoms with Gasteiger partial charge in [0.05, 0.1) is 4.92 Å². The van der Waals surface area contributed by atoms with Crippen LogP contribution in [-0.4, -0.2) is 28.0 Å². The van der Waals surface area contributed by atoms with Crippen LogP contribution in [0.5, 0.6) is 0 Å². The van der Waals surface area contributed by atoms with E-state index < -0.39 is 4.92 Å². The van der Waals surface area contributed by atoms with Crippen LogP contribution in [0.3, 0.4) is 0 Å². The highest BCUT2D eigenvalue weighted by Crippen LogP contribution is 2.33. The maximum absolute atomic E-state index is 11.0. The van der Waals surface area contributed by atoms with Gasteiger partial charge in [-0.05, 0) is 12.3 Å². The second-order valence-corrected chi connectivity index (χ2v) is 5.34. The lowest BCUT2D eigenvalue weighted by atomic mass is 9.87. The van der Waals surface area contributed by atoms with Gasteiger partial charge in [-0.1, -0.05) is 20.8 Å². The highest BCUT2D eigenvalue weighted by atomic mass is 16.6. The molecule has 1 aromatic heterocycles. The van der Waals surface area contributed by atoms with Crippen molar-refractivity contribution in [1.82, 2.24) is 9.97 Å². The summed E-state index contributed by atoms with van der Waals surface area (Å²) in [5.74, 6) is 0.132. The number of nitrogens with two attached hydrogens (primary N) is 1. The number of aromatic nitrogens is 2. The molecule has 0 amide bonds. The SMILES string of the molecule is CC(N(C)c1ncnc(N)c1[N+](=O)[O-])C(C)(C)C. The molecule has 0 bridgehead atoms. The van der Waals surface area contributed by atoms with Crippen LogP contribution in [0.2, 0.25) is 0 Å². The van der Waals surface area contributed by atoms with Gasteiger partial charge in [-0.25, -0.2) is 9.97 Å². The topological polar surface area (TPSA) is 98.2 Å². The molecule has 0 radical (unpaired) electrons. The molecule has 0 fully saturated rings. The quantitative estimate of drug-likeness (QED) is 0.652. The summed E-state index contributed by atoms with van der Waals surface area (Å²) in [6, 6.07) is 0.0606. The summed E-state index contributed by atoms with van der Waals surface area (Å²) in [5.41, 5.74) is 5.27. The molecule has 0 spiro atoms. The van der Waals surface area contributed by atoms with Gasteiger partial charge in [-0.3, -0.25) is 10.1 Å². The van der Waals surface area contributed by atoms with Crippen molar-refractivity contribution in [3.05, 3.63) is 16.4 Å². The van der Waals surface area contributed by atoms with Gasteiger partial charge in [-0.15, -0.1) is 0 Å². The number of hydrogen-bond donors (Lipinski definition) is 1. The Labute approximate surface area is 106 Å². The fourth-order valence-corrected chi connectivity index (χ4v) is 1.58. The molecule has 0 aromatic carbocycles. The summed E-state index contributed by atoms with van der Waals surface area (Å²) in [6.07, 6.45) is 1.24. The first-order valence-electron chi connectivity index (χ1n) is 5.64. The van der Waals surface area contributed by atoms with Gasteiger partial charge in [0, 0.05) is 13.1 Å². The Balaban J connectivity index is 3.26. The lowest BCUT2D eigenvalue weighted by Crippen LogP contribution is -2.40. The molecule has 2 N–H and O–H groups in total. The van der Waals surface area contributed by atoms with Gasteiger partial charge in [0.1, 0.15) is 6.33 Å². The molecule has 1 aromatic rings. The van der Waals surface area contributed by atoms with Gasteiger partial charge in [0.15, 0.2) is 0 Å². The first-order chi connectivity index (χ1) is 8.16. The van der Waals surface area contributed by atoms with Crippen LogP contribution in [0.15, 0.2) is 6.33 Å². The number of nitrogens with zero attached hydrogens (tertiary/aromatic N) is 4. The maximum atomic E-state index is 11.0. The zero-order chi connectivity index (χ0) is 14.1. The smallest absolute Gasteiger partial charge is 0.353 e. The molecule has 0 aliphatic carbocycles. The molecule has 0 saturated heterocycles. The van der Waals surface area contributed by atoms with Crippen molar-refractivity contribution < 1.29 is 4.92 Å². The number of hydrogen-bond acceptors (Lipinski definition) is 6. The van der Waals surface area contributed by atoms with E-state index in [9.17, 15) is 10.1 Å². The predicted molar refractivity (Wildman–Crippen MR) is 70.4 cm³/mol. The monoisotopic (exact) mass is 253 g/mol. The van der Waals surface area contributed by atoms with Crippen LogP contribution in [0.1, 0.15) is 27.7 Å². The summed E-state index contributed by atoms with van der Waals surface area (Å²) in [5, 5.41) is 11.0. The van der Waals surface area contributed by atoms with E-state index in [0.29, 0.717) is 0 Å². The van der Waals surface area contributed by atoms with Crippen LogP contribution >= 0.6 is 0 Å². The molecule has 100 valence electrons. The second-order valence-electron chi connectivity index (χ2n) is 5.34. The average Bonchev–Trinajstić information content (AvgIpc) is 2.24. The minimum absolute atomic E-state index is 0.0394. The zero-order valence-electron chi connectivity index (χ0n) is 11.3. The normalized spacial score (nSPS) is 13.2. The van der Waals surface area contributed by atoms with Crippen molar-refractivity contribution in [2.75, 3.05) is 17.7 Å². The van der Waals surface area contributed by atoms with Crippen molar-refractivity contribution in [2.45, 2.75) is 33.7 Å². The van der Waals surface area contributed by atoms with Crippen molar-refractivity contribution in [3.8, 4) is 0 Å².